The Bertz CT molecular complexity index is 685. The van der Waals surface area contributed by atoms with Crippen LogP contribution in [0.5, 0.6) is 0 Å². The van der Waals surface area contributed by atoms with Crippen molar-refractivity contribution in [3.8, 4) is 0 Å². The van der Waals surface area contributed by atoms with Crippen molar-refractivity contribution in [2.75, 3.05) is 5.73 Å². The Morgan fingerprint density at radius 2 is 1.81 bits per heavy atom. The molecule has 0 aliphatic rings. The van der Waals surface area contributed by atoms with Crippen molar-refractivity contribution in [2.24, 2.45) is 0 Å². The van der Waals surface area contributed by atoms with Crippen LogP contribution in [0.15, 0.2) is 47.4 Å². The molecule has 0 aliphatic heterocycles. The van der Waals surface area contributed by atoms with E-state index in [1.54, 1.807) is 0 Å². The van der Waals surface area contributed by atoms with E-state index >= 15 is 0 Å². The van der Waals surface area contributed by atoms with Crippen LogP contribution in [0.25, 0.3) is 0 Å². The Labute approximate surface area is 121 Å². The van der Waals surface area contributed by atoms with Crippen LogP contribution >= 0.6 is 0 Å². The molecule has 0 amide bonds. The molecule has 0 saturated carbocycles. The third kappa shape index (κ3) is 3.81. The Morgan fingerprint density at radius 1 is 1.10 bits per heavy atom. The SMILES string of the molecule is Nc1ccc(CS(=O)c2cccc(C(F)(F)F)c2)cc1F. The monoisotopic (exact) mass is 317 g/mol. The number of anilines is 1. The number of rotatable bonds is 3. The molecule has 1 unspecified atom stereocenters. The van der Waals surface area contributed by atoms with Crippen LogP contribution in [0, 0.1) is 5.82 Å². The van der Waals surface area contributed by atoms with E-state index in [9.17, 15) is 21.8 Å². The summed E-state index contributed by atoms with van der Waals surface area (Å²) in [4.78, 5) is 0.0436. The zero-order chi connectivity index (χ0) is 15.6. The van der Waals surface area contributed by atoms with Crippen molar-refractivity contribution in [3.63, 3.8) is 0 Å². The van der Waals surface area contributed by atoms with Gasteiger partial charge in [0, 0.05) is 4.90 Å². The highest BCUT2D eigenvalue weighted by Gasteiger charge is 2.30. The van der Waals surface area contributed by atoms with Crippen molar-refractivity contribution in [1.29, 1.82) is 0 Å². The second-order valence-electron chi connectivity index (χ2n) is 4.37. The molecule has 2 nitrogen and oxygen atoms in total. The van der Waals surface area contributed by atoms with Crippen LogP contribution in [0.1, 0.15) is 11.1 Å². The fourth-order valence-corrected chi connectivity index (χ4v) is 2.85. The Balaban J connectivity index is 2.22. The van der Waals surface area contributed by atoms with E-state index in [1.165, 1.54) is 24.3 Å². The fourth-order valence-electron chi connectivity index (χ4n) is 1.71. The minimum atomic E-state index is -4.49. The summed E-state index contributed by atoms with van der Waals surface area (Å²) in [6, 6.07) is 8.23. The van der Waals surface area contributed by atoms with Crippen LogP contribution in [0.4, 0.5) is 23.2 Å². The molecule has 2 rings (SSSR count). The maximum absolute atomic E-state index is 13.3. The van der Waals surface area contributed by atoms with E-state index in [-0.39, 0.29) is 16.3 Å². The van der Waals surface area contributed by atoms with Gasteiger partial charge in [0.15, 0.2) is 0 Å². The quantitative estimate of drug-likeness (QED) is 0.692. The molecule has 2 aromatic carbocycles. The average molecular weight is 317 g/mol. The van der Waals surface area contributed by atoms with Crippen LogP contribution in [0.2, 0.25) is 0 Å². The van der Waals surface area contributed by atoms with Gasteiger partial charge in [-0.05, 0) is 35.9 Å². The first-order valence-corrected chi connectivity index (χ1v) is 7.19. The molecule has 1 atom stereocenters. The Morgan fingerprint density at radius 3 is 2.43 bits per heavy atom. The van der Waals surface area contributed by atoms with Crippen molar-refractivity contribution < 1.29 is 21.8 Å². The van der Waals surface area contributed by atoms with Gasteiger partial charge in [-0.2, -0.15) is 13.2 Å². The van der Waals surface area contributed by atoms with Gasteiger partial charge in [-0.1, -0.05) is 12.1 Å². The van der Waals surface area contributed by atoms with Crippen molar-refractivity contribution in [3.05, 3.63) is 59.4 Å². The minimum Gasteiger partial charge on any atom is -0.396 e. The molecule has 0 saturated heterocycles. The molecule has 0 fully saturated rings. The molecule has 0 spiro atoms. The number of hydrogen-bond donors (Lipinski definition) is 1. The average Bonchev–Trinajstić information content (AvgIpc) is 2.42. The summed E-state index contributed by atoms with van der Waals surface area (Å²) in [5, 5.41) is 0. The second-order valence-corrected chi connectivity index (χ2v) is 5.82. The normalized spacial score (nSPS) is 13.1. The summed E-state index contributed by atoms with van der Waals surface area (Å²) in [6.45, 7) is 0. The fraction of sp³-hybridized carbons (Fsp3) is 0.143. The Hall–Kier alpha value is -1.89. The van der Waals surface area contributed by atoms with Crippen molar-refractivity contribution in [1.82, 2.24) is 0 Å². The van der Waals surface area contributed by atoms with Gasteiger partial charge in [0.05, 0.1) is 27.8 Å². The lowest BCUT2D eigenvalue weighted by Gasteiger charge is -2.09. The van der Waals surface area contributed by atoms with Crippen molar-refractivity contribution >= 4 is 16.5 Å². The van der Waals surface area contributed by atoms with Gasteiger partial charge in [-0.25, -0.2) is 4.39 Å². The second kappa shape index (κ2) is 5.85. The third-order valence-electron chi connectivity index (χ3n) is 2.79. The van der Waals surface area contributed by atoms with Gasteiger partial charge >= 0.3 is 6.18 Å². The van der Waals surface area contributed by atoms with E-state index < -0.39 is 28.4 Å². The third-order valence-corrected chi connectivity index (χ3v) is 4.16. The van der Waals surface area contributed by atoms with Crippen LogP contribution in [0.3, 0.4) is 0 Å². The molecule has 7 heteroatoms. The van der Waals surface area contributed by atoms with E-state index in [4.69, 9.17) is 5.73 Å². The van der Waals surface area contributed by atoms with Gasteiger partial charge in [-0.15, -0.1) is 0 Å². The summed E-state index contributed by atoms with van der Waals surface area (Å²) in [6.07, 6.45) is -4.49. The van der Waals surface area contributed by atoms with E-state index in [0.29, 0.717) is 5.56 Å². The lowest BCUT2D eigenvalue weighted by atomic mass is 10.2. The maximum Gasteiger partial charge on any atom is 0.416 e. The predicted molar refractivity (Wildman–Crippen MR) is 72.4 cm³/mol. The van der Waals surface area contributed by atoms with E-state index in [1.807, 2.05) is 0 Å². The highest BCUT2D eigenvalue weighted by molar-refractivity contribution is 7.84. The molecule has 2 aromatic rings. The van der Waals surface area contributed by atoms with Crippen LogP contribution in [-0.4, -0.2) is 4.21 Å². The minimum absolute atomic E-state index is 0.0383. The molecule has 0 bridgehead atoms. The lowest BCUT2D eigenvalue weighted by molar-refractivity contribution is -0.137. The highest BCUT2D eigenvalue weighted by atomic mass is 32.2. The summed E-state index contributed by atoms with van der Waals surface area (Å²) in [5.41, 5.74) is 4.82. The first kappa shape index (κ1) is 15.5. The van der Waals surface area contributed by atoms with Gasteiger partial charge in [0.2, 0.25) is 0 Å². The van der Waals surface area contributed by atoms with Crippen molar-refractivity contribution in [2.45, 2.75) is 16.8 Å². The number of benzene rings is 2. The van der Waals surface area contributed by atoms with Gasteiger partial charge < -0.3 is 5.73 Å². The topological polar surface area (TPSA) is 43.1 Å². The standard InChI is InChI=1S/C14H11F4NOS/c15-12-6-9(4-5-13(12)19)8-21(20)11-3-1-2-10(7-11)14(16,17)18/h1-7H,8,19H2. The first-order valence-electron chi connectivity index (χ1n) is 5.87. The summed E-state index contributed by atoms with van der Waals surface area (Å²) in [5.74, 6) is -0.730. The van der Waals surface area contributed by atoms with Crippen LogP contribution in [-0.2, 0) is 22.7 Å². The zero-order valence-electron chi connectivity index (χ0n) is 10.7. The number of nitrogens with two attached hydrogens (primary N) is 1. The highest BCUT2D eigenvalue weighted by Crippen LogP contribution is 2.30. The number of hydrogen-bond acceptors (Lipinski definition) is 2. The summed E-state index contributed by atoms with van der Waals surface area (Å²) >= 11 is 0. The zero-order valence-corrected chi connectivity index (χ0v) is 11.5. The molecule has 0 radical (unpaired) electrons. The summed E-state index contributed by atoms with van der Waals surface area (Å²) in [7, 11) is -1.70. The van der Waals surface area contributed by atoms with Crippen LogP contribution < -0.4 is 5.73 Å². The molecule has 112 valence electrons. The van der Waals surface area contributed by atoms with Gasteiger partial charge in [-0.3, -0.25) is 4.21 Å². The molecule has 0 aromatic heterocycles. The molecule has 2 N–H and O–H groups in total. The lowest BCUT2D eigenvalue weighted by Crippen LogP contribution is -2.06. The van der Waals surface area contributed by atoms with Gasteiger partial charge in [0.25, 0.3) is 0 Å². The number of halogens is 4. The first-order chi connectivity index (χ1) is 9.77. The van der Waals surface area contributed by atoms with E-state index in [2.05, 4.69) is 0 Å². The molecule has 0 heterocycles. The van der Waals surface area contributed by atoms with Gasteiger partial charge in [0.1, 0.15) is 5.82 Å². The molecular weight excluding hydrogens is 306 g/mol. The Kier molecular flexibility index (Phi) is 4.32. The maximum atomic E-state index is 13.3. The molecule has 21 heavy (non-hydrogen) atoms. The summed E-state index contributed by atoms with van der Waals surface area (Å²) < 4.78 is 63.1. The molecular formula is C14H11F4NOS. The van der Waals surface area contributed by atoms with E-state index in [0.717, 1.165) is 18.2 Å². The predicted octanol–water partition coefficient (Wildman–Crippen LogP) is 3.73. The largest absolute Gasteiger partial charge is 0.416 e. The number of alkyl halides is 3. The number of nitrogen functional groups attached to an aromatic ring is 1. The molecule has 0 aliphatic carbocycles. The smallest absolute Gasteiger partial charge is 0.396 e.